The van der Waals surface area contributed by atoms with Crippen LogP contribution in [0.25, 0.3) is 0 Å². The van der Waals surface area contributed by atoms with Crippen LogP contribution in [0.2, 0.25) is 0 Å². The molecule has 0 saturated carbocycles. The molecule has 1 aliphatic rings. The van der Waals surface area contributed by atoms with Gasteiger partial charge in [-0.25, -0.2) is 8.42 Å². The molecule has 140 valence electrons. The van der Waals surface area contributed by atoms with Crippen LogP contribution in [0, 0.1) is 6.92 Å². The van der Waals surface area contributed by atoms with Crippen molar-refractivity contribution in [2.45, 2.75) is 29.8 Å². The molecule has 3 rings (SSSR count). The first-order valence-electron chi connectivity index (χ1n) is 8.27. The van der Waals surface area contributed by atoms with Crippen LogP contribution in [0.15, 0.2) is 34.3 Å². The van der Waals surface area contributed by atoms with Gasteiger partial charge in [-0.2, -0.15) is 4.31 Å². The average molecular weight is 396 g/mol. The second-order valence-electron chi connectivity index (χ2n) is 6.06. The van der Waals surface area contributed by atoms with Crippen LogP contribution >= 0.6 is 11.8 Å². The normalized spacial score (nSPS) is 15.3. The topological polar surface area (TPSA) is 97.2 Å². The van der Waals surface area contributed by atoms with Crippen LogP contribution in [0.3, 0.4) is 0 Å². The number of rotatable bonds is 6. The number of sulfonamides is 1. The Morgan fingerprint density at radius 2 is 1.85 bits per heavy atom. The molecule has 1 saturated heterocycles. The maximum atomic E-state index is 12.5. The van der Waals surface area contributed by atoms with Crippen molar-refractivity contribution in [1.29, 1.82) is 0 Å². The Morgan fingerprint density at radius 3 is 2.42 bits per heavy atom. The van der Waals surface area contributed by atoms with Crippen molar-refractivity contribution in [1.82, 2.24) is 19.1 Å². The van der Waals surface area contributed by atoms with Crippen LogP contribution in [0.4, 0.5) is 5.69 Å². The highest BCUT2D eigenvalue weighted by molar-refractivity contribution is 7.99. The number of benzene rings is 1. The Labute approximate surface area is 157 Å². The highest BCUT2D eigenvalue weighted by Gasteiger charge is 2.26. The summed E-state index contributed by atoms with van der Waals surface area (Å²) in [6, 6.07) is 6.28. The molecule has 1 aliphatic heterocycles. The van der Waals surface area contributed by atoms with Crippen LogP contribution in [-0.4, -0.2) is 52.2 Å². The van der Waals surface area contributed by atoms with Gasteiger partial charge in [-0.05, 0) is 44.0 Å². The average Bonchev–Trinajstić information content (AvgIpc) is 3.26. The van der Waals surface area contributed by atoms with Crippen molar-refractivity contribution in [3.05, 3.63) is 30.1 Å². The molecule has 2 aromatic rings. The smallest absolute Gasteiger partial charge is 0.243 e. The first kappa shape index (κ1) is 18.9. The zero-order chi connectivity index (χ0) is 18.7. The SMILES string of the molecule is Cc1nnc(SCC(=O)Nc2ccc(S(=O)(=O)N3CCCC3)cc2)n1C. The number of carbonyl (C=O) groups is 1. The summed E-state index contributed by atoms with van der Waals surface area (Å²) >= 11 is 1.29. The van der Waals surface area contributed by atoms with E-state index in [2.05, 4.69) is 15.5 Å². The first-order chi connectivity index (χ1) is 12.4. The van der Waals surface area contributed by atoms with Crippen LogP contribution in [-0.2, 0) is 21.9 Å². The molecule has 1 fully saturated rings. The van der Waals surface area contributed by atoms with Gasteiger partial charge in [0, 0.05) is 25.8 Å². The number of carbonyl (C=O) groups excluding carboxylic acids is 1. The van der Waals surface area contributed by atoms with E-state index >= 15 is 0 Å². The molecule has 10 heteroatoms. The molecule has 0 unspecified atom stereocenters. The second kappa shape index (κ2) is 7.77. The number of aryl methyl sites for hydroxylation is 1. The summed E-state index contributed by atoms with van der Waals surface area (Å²) in [5.74, 6) is 0.785. The minimum Gasteiger partial charge on any atom is -0.325 e. The summed E-state index contributed by atoms with van der Waals surface area (Å²) in [4.78, 5) is 12.3. The largest absolute Gasteiger partial charge is 0.325 e. The number of nitrogens with zero attached hydrogens (tertiary/aromatic N) is 4. The third-order valence-corrected chi connectivity index (χ3v) is 7.16. The van der Waals surface area contributed by atoms with Crippen molar-refractivity contribution < 1.29 is 13.2 Å². The third-order valence-electron chi connectivity index (χ3n) is 4.23. The van der Waals surface area contributed by atoms with Gasteiger partial charge in [0.1, 0.15) is 5.82 Å². The summed E-state index contributed by atoms with van der Waals surface area (Å²) in [7, 11) is -1.59. The standard InChI is InChI=1S/C16H21N5O3S2/c1-12-18-19-16(20(12)2)25-11-15(22)17-13-5-7-14(8-6-13)26(23,24)21-9-3-4-10-21/h5-8H,3-4,9-11H2,1-2H3,(H,17,22). The van der Waals surface area contributed by atoms with Crippen molar-refractivity contribution in [2.75, 3.05) is 24.2 Å². The summed E-state index contributed by atoms with van der Waals surface area (Å²) in [5.41, 5.74) is 0.560. The van der Waals surface area contributed by atoms with E-state index in [-0.39, 0.29) is 16.6 Å². The number of hydrogen-bond acceptors (Lipinski definition) is 6. The molecule has 0 radical (unpaired) electrons. The molecule has 8 nitrogen and oxygen atoms in total. The summed E-state index contributed by atoms with van der Waals surface area (Å²) in [6.07, 6.45) is 1.80. The van der Waals surface area contributed by atoms with Gasteiger partial charge in [-0.15, -0.1) is 10.2 Å². The van der Waals surface area contributed by atoms with Gasteiger partial charge in [0.2, 0.25) is 15.9 Å². The lowest BCUT2D eigenvalue weighted by molar-refractivity contribution is -0.113. The van der Waals surface area contributed by atoms with E-state index in [0.717, 1.165) is 18.7 Å². The maximum Gasteiger partial charge on any atom is 0.243 e. The Bertz CT molecular complexity index is 887. The maximum absolute atomic E-state index is 12.5. The highest BCUT2D eigenvalue weighted by Crippen LogP contribution is 2.22. The second-order valence-corrected chi connectivity index (χ2v) is 8.94. The third kappa shape index (κ3) is 4.08. The predicted molar refractivity (Wildman–Crippen MR) is 99.5 cm³/mol. The Morgan fingerprint density at radius 1 is 1.19 bits per heavy atom. The van der Waals surface area contributed by atoms with Crippen molar-refractivity contribution in [3.8, 4) is 0 Å². The molecule has 1 aromatic heterocycles. The van der Waals surface area contributed by atoms with E-state index in [4.69, 9.17) is 0 Å². The van der Waals surface area contributed by atoms with E-state index in [9.17, 15) is 13.2 Å². The van der Waals surface area contributed by atoms with E-state index in [1.807, 2.05) is 18.5 Å². The molecular weight excluding hydrogens is 374 g/mol. The summed E-state index contributed by atoms with van der Waals surface area (Å²) < 4.78 is 28.3. The van der Waals surface area contributed by atoms with E-state index in [1.165, 1.54) is 28.2 Å². The van der Waals surface area contributed by atoms with Gasteiger partial charge < -0.3 is 9.88 Å². The first-order valence-corrected chi connectivity index (χ1v) is 10.7. The number of thioether (sulfide) groups is 1. The van der Waals surface area contributed by atoms with Gasteiger partial charge in [-0.1, -0.05) is 11.8 Å². The Balaban J connectivity index is 1.58. The Kier molecular flexibility index (Phi) is 5.64. The minimum atomic E-state index is -3.43. The van der Waals surface area contributed by atoms with Crippen molar-refractivity contribution in [2.24, 2.45) is 7.05 Å². The fraction of sp³-hybridized carbons (Fsp3) is 0.438. The summed E-state index contributed by atoms with van der Waals surface area (Å²) in [6.45, 7) is 2.98. The molecule has 26 heavy (non-hydrogen) atoms. The van der Waals surface area contributed by atoms with Crippen molar-refractivity contribution in [3.63, 3.8) is 0 Å². The molecule has 0 bridgehead atoms. The Hall–Kier alpha value is -1.91. The van der Waals surface area contributed by atoms with Crippen molar-refractivity contribution >= 4 is 33.4 Å². The molecule has 0 aliphatic carbocycles. The van der Waals surface area contributed by atoms with Gasteiger partial charge in [0.15, 0.2) is 5.16 Å². The molecule has 0 atom stereocenters. The number of hydrogen-bond donors (Lipinski definition) is 1. The molecular formula is C16H21N5O3S2. The van der Waals surface area contributed by atoms with Gasteiger partial charge in [-0.3, -0.25) is 4.79 Å². The number of nitrogens with one attached hydrogen (secondary N) is 1. The lowest BCUT2D eigenvalue weighted by Crippen LogP contribution is -2.27. The number of amides is 1. The quantitative estimate of drug-likeness (QED) is 0.747. The monoisotopic (exact) mass is 395 g/mol. The van der Waals surface area contributed by atoms with E-state index < -0.39 is 10.0 Å². The van der Waals surface area contributed by atoms with Crippen LogP contribution < -0.4 is 5.32 Å². The molecule has 1 aromatic carbocycles. The van der Waals surface area contributed by atoms with Gasteiger partial charge in [0.05, 0.1) is 10.6 Å². The lowest BCUT2D eigenvalue weighted by atomic mass is 10.3. The minimum absolute atomic E-state index is 0.189. The van der Waals surface area contributed by atoms with E-state index in [1.54, 1.807) is 12.1 Å². The van der Waals surface area contributed by atoms with Crippen LogP contribution in [0.5, 0.6) is 0 Å². The number of anilines is 1. The van der Waals surface area contributed by atoms with Gasteiger partial charge >= 0.3 is 0 Å². The van der Waals surface area contributed by atoms with Gasteiger partial charge in [0.25, 0.3) is 0 Å². The molecule has 2 heterocycles. The lowest BCUT2D eigenvalue weighted by Gasteiger charge is -2.15. The fourth-order valence-corrected chi connectivity index (χ4v) is 4.90. The highest BCUT2D eigenvalue weighted by atomic mass is 32.2. The number of aromatic nitrogens is 3. The predicted octanol–water partition coefficient (Wildman–Crippen LogP) is 1.64. The van der Waals surface area contributed by atoms with Crippen LogP contribution in [0.1, 0.15) is 18.7 Å². The molecule has 0 spiro atoms. The zero-order valence-corrected chi connectivity index (χ0v) is 16.3. The summed E-state index contributed by atoms with van der Waals surface area (Å²) in [5, 5.41) is 11.4. The molecule has 1 amide bonds. The van der Waals surface area contributed by atoms with E-state index in [0.29, 0.717) is 23.9 Å². The molecule has 1 N–H and O–H groups in total. The zero-order valence-electron chi connectivity index (χ0n) is 14.7. The fourth-order valence-electron chi connectivity index (χ4n) is 2.63.